The molecule has 0 saturated heterocycles. The number of aromatic carboxylic acids is 1. The molecule has 0 bridgehead atoms. The van der Waals surface area contributed by atoms with E-state index in [-0.39, 0.29) is 5.56 Å². The van der Waals surface area contributed by atoms with Crippen molar-refractivity contribution in [2.45, 2.75) is 13.8 Å². The Morgan fingerprint density at radius 1 is 1.44 bits per heavy atom. The number of pyridine rings is 1. The summed E-state index contributed by atoms with van der Waals surface area (Å²) in [5.74, 6) is -0.116. The molecule has 0 unspecified atom stereocenters. The molecule has 18 heavy (non-hydrogen) atoms. The van der Waals surface area contributed by atoms with Crippen LogP contribution in [0.4, 0.5) is 11.6 Å². The van der Waals surface area contributed by atoms with Crippen LogP contribution in [0.1, 0.15) is 21.6 Å². The van der Waals surface area contributed by atoms with Crippen LogP contribution in [0.5, 0.6) is 0 Å². The molecular formula is C12H14N4O2. The third-order valence-electron chi connectivity index (χ3n) is 2.52. The van der Waals surface area contributed by atoms with Gasteiger partial charge in [0.05, 0.1) is 0 Å². The van der Waals surface area contributed by atoms with Crippen molar-refractivity contribution in [1.82, 2.24) is 14.8 Å². The van der Waals surface area contributed by atoms with E-state index in [2.05, 4.69) is 15.4 Å². The Morgan fingerprint density at radius 2 is 2.17 bits per heavy atom. The molecule has 6 heteroatoms. The topological polar surface area (TPSA) is 80.0 Å². The lowest BCUT2D eigenvalue weighted by molar-refractivity contribution is 0.0697. The number of hydrogen-bond acceptors (Lipinski definition) is 4. The highest BCUT2D eigenvalue weighted by atomic mass is 16.4. The SMILES string of the molecule is Cc1cc(C)c(C(=O)O)c(Nc2ccn(C)n2)n1. The minimum absolute atomic E-state index is 0.172. The maximum atomic E-state index is 11.2. The van der Waals surface area contributed by atoms with E-state index in [1.807, 2.05) is 6.92 Å². The minimum Gasteiger partial charge on any atom is -0.478 e. The maximum absolute atomic E-state index is 11.2. The van der Waals surface area contributed by atoms with E-state index in [4.69, 9.17) is 0 Å². The zero-order valence-corrected chi connectivity index (χ0v) is 10.4. The van der Waals surface area contributed by atoms with E-state index in [1.54, 1.807) is 37.0 Å². The van der Waals surface area contributed by atoms with Crippen molar-refractivity contribution in [2.24, 2.45) is 7.05 Å². The Kier molecular flexibility index (Phi) is 3.01. The number of aromatic nitrogens is 3. The van der Waals surface area contributed by atoms with Crippen molar-refractivity contribution < 1.29 is 9.90 Å². The van der Waals surface area contributed by atoms with Crippen LogP contribution in [0.2, 0.25) is 0 Å². The Morgan fingerprint density at radius 3 is 2.72 bits per heavy atom. The van der Waals surface area contributed by atoms with Crippen molar-refractivity contribution in [3.05, 3.63) is 35.2 Å². The molecule has 2 aromatic rings. The Bertz CT molecular complexity index is 604. The predicted octanol–water partition coefficient (Wildman–Crippen LogP) is 1.87. The average molecular weight is 246 g/mol. The van der Waals surface area contributed by atoms with Crippen LogP contribution in [-0.4, -0.2) is 25.8 Å². The summed E-state index contributed by atoms with van der Waals surface area (Å²) >= 11 is 0. The zero-order chi connectivity index (χ0) is 13.3. The quantitative estimate of drug-likeness (QED) is 0.864. The number of rotatable bonds is 3. The molecule has 0 spiro atoms. The fourth-order valence-electron chi connectivity index (χ4n) is 1.80. The number of anilines is 2. The minimum atomic E-state index is -1.00. The molecule has 6 nitrogen and oxygen atoms in total. The molecule has 2 N–H and O–H groups in total. The lowest BCUT2D eigenvalue weighted by Crippen LogP contribution is -2.08. The standard InChI is InChI=1S/C12H14N4O2/c1-7-6-8(2)13-11(10(7)12(17)18)14-9-4-5-16(3)15-9/h4-6H,1-3H3,(H,17,18)(H,13,14,15). The predicted molar refractivity (Wildman–Crippen MR) is 67.2 cm³/mol. The van der Waals surface area contributed by atoms with E-state index in [0.717, 1.165) is 5.69 Å². The molecule has 94 valence electrons. The third-order valence-corrected chi connectivity index (χ3v) is 2.52. The summed E-state index contributed by atoms with van der Waals surface area (Å²) in [6, 6.07) is 3.50. The molecule has 2 heterocycles. The molecule has 0 aliphatic heterocycles. The summed E-state index contributed by atoms with van der Waals surface area (Å²) < 4.78 is 1.63. The van der Waals surface area contributed by atoms with Crippen molar-refractivity contribution >= 4 is 17.6 Å². The van der Waals surface area contributed by atoms with Crippen LogP contribution < -0.4 is 5.32 Å². The summed E-state index contributed by atoms with van der Waals surface area (Å²) in [4.78, 5) is 15.5. The molecule has 0 aromatic carbocycles. The van der Waals surface area contributed by atoms with Gasteiger partial charge in [-0.15, -0.1) is 0 Å². The number of aryl methyl sites for hydroxylation is 3. The number of carbonyl (C=O) groups is 1. The third kappa shape index (κ3) is 2.32. The molecule has 0 radical (unpaired) electrons. The lowest BCUT2D eigenvalue weighted by atomic mass is 10.1. The van der Waals surface area contributed by atoms with Gasteiger partial charge in [-0.3, -0.25) is 4.68 Å². The van der Waals surface area contributed by atoms with Crippen LogP contribution in [-0.2, 0) is 7.05 Å². The Labute approximate surface area is 104 Å². The Balaban J connectivity index is 2.45. The molecule has 2 aromatic heterocycles. The molecule has 0 amide bonds. The highest BCUT2D eigenvalue weighted by Crippen LogP contribution is 2.21. The van der Waals surface area contributed by atoms with Gasteiger partial charge in [0.15, 0.2) is 5.82 Å². The van der Waals surface area contributed by atoms with Gasteiger partial charge in [-0.05, 0) is 25.5 Å². The Hall–Kier alpha value is -2.37. The molecule has 0 atom stereocenters. The molecule has 0 fully saturated rings. The number of nitrogens with zero attached hydrogens (tertiary/aromatic N) is 3. The zero-order valence-electron chi connectivity index (χ0n) is 10.4. The van der Waals surface area contributed by atoms with Crippen molar-refractivity contribution in [3.8, 4) is 0 Å². The van der Waals surface area contributed by atoms with Gasteiger partial charge in [0.1, 0.15) is 11.4 Å². The highest BCUT2D eigenvalue weighted by Gasteiger charge is 2.16. The van der Waals surface area contributed by atoms with Gasteiger partial charge in [0, 0.05) is 25.0 Å². The second-order valence-corrected chi connectivity index (χ2v) is 4.11. The van der Waals surface area contributed by atoms with Crippen LogP contribution in [0.3, 0.4) is 0 Å². The van der Waals surface area contributed by atoms with E-state index in [0.29, 0.717) is 17.2 Å². The summed E-state index contributed by atoms with van der Waals surface area (Å²) in [6.07, 6.45) is 1.77. The largest absolute Gasteiger partial charge is 0.478 e. The van der Waals surface area contributed by atoms with Crippen molar-refractivity contribution in [1.29, 1.82) is 0 Å². The summed E-state index contributed by atoms with van der Waals surface area (Å²) in [6.45, 7) is 3.57. The number of carboxylic acids is 1. The first-order chi connectivity index (χ1) is 8.47. The first-order valence-electron chi connectivity index (χ1n) is 5.45. The fraction of sp³-hybridized carbons (Fsp3) is 0.250. The smallest absolute Gasteiger partial charge is 0.339 e. The molecule has 0 saturated carbocycles. The van der Waals surface area contributed by atoms with Gasteiger partial charge in [0.2, 0.25) is 0 Å². The second-order valence-electron chi connectivity index (χ2n) is 4.11. The van der Waals surface area contributed by atoms with Gasteiger partial charge < -0.3 is 10.4 Å². The average Bonchev–Trinajstić information content (AvgIpc) is 2.62. The first-order valence-corrected chi connectivity index (χ1v) is 5.45. The highest BCUT2D eigenvalue weighted by molar-refractivity contribution is 5.95. The van der Waals surface area contributed by atoms with Crippen LogP contribution >= 0.6 is 0 Å². The van der Waals surface area contributed by atoms with E-state index in [9.17, 15) is 9.90 Å². The van der Waals surface area contributed by atoms with Crippen LogP contribution in [0.15, 0.2) is 18.3 Å². The summed E-state index contributed by atoms with van der Waals surface area (Å²) in [5, 5.41) is 16.3. The van der Waals surface area contributed by atoms with Gasteiger partial charge in [0.25, 0.3) is 0 Å². The number of nitrogens with one attached hydrogen (secondary N) is 1. The summed E-state index contributed by atoms with van der Waals surface area (Å²) in [7, 11) is 1.79. The van der Waals surface area contributed by atoms with Crippen LogP contribution in [0, 0.1) is 13.8 Å². The number of carboxylic acid groups (broad SMARTS) is 1. The van der Waals surface area contributed by atoms with E-state index in [1.165, 1.54) is 0 Å². The fourth-order valence-corrected chi connectivity index (χ4v) is 1.80. The lowest BCUT2D eigenvalue weighted by Gasteiger charge is -2.10. The van der Waals surface area contributed by atoms with Crippen molar-refractivity contribution in [2.75, 3.05) is 5.32 Å². The molecule has 2 rings (SSSR count). The van der Waals surface area contributed by atoms with Gasteiger partial charge >= 0.3 is 5.97 Å². The summed E-state index contributed by atoms with van der Waals surface area (Å²) in [5.41, 5.74) is 1.61. The van der Waals surface area contributed by atoms with Crippen LogP contribution in [0.25, 0.3) is 0 Å². The molecule has 0 aliphatic carbocycles. The molecule has 0 aliphatic rings. The molecular weight excluding hydrogens is 232 g/mol. The maximum Gasteiger partial charge on any atom is 0.339 e. The monoisotopic (exact) mass is 246 g/mol. The van der Waals surface area contributed by atoms with E-state index < -0.39 is 5.97 Å². The van der Waals surface area contributed by atoms with Crippen molar-refractivity contribution in [3.63, 3.8) is 0 Å². The first kappa shape index (κ1) is 12.1. The van der Waals surface area contributed by atoms with Gasteiger partial charge in [-0.1, -0.05) is 0 Å². The normalized spacial score (nSPS) is 10.4. The van der Waals surface area contributed by atoms with Gasteiger partial charge in [-0.2, -0.15) is 5.10 Å². The second kappa shape index (κ2) is 4.48. The number of hydrogen-bond donors (Lipinski definition) is 2. The van der Waals surface area contributed by atoms with Gasteiger partial charge in [-0.25, -0.2) is 9.78 Å². The van der Waals surface area contributed by atoms with E-state index >= 15 is 0 Å².